The molecule has 16 heavy (non-hydrogen) atoms. The largest absolute Gasteiger partial charge is 0.393 e. The maximum absolute atomic E-state index is 12.4. The van der Waals surface area contributed by atoms with Gasteiger partial charge in [-0.1, -0.05) is 18.2 Å². The lowest BCUT2D eigenvalue weighted by molar-refractivity contribution is 0.151. The van der Waals surface area contributed by atoms with Crippen LogP contribution in [-0.4, -0.2) is 17.8 Å². The van der Waals surface area contributed by atoms with Crippen molar-refractivity contribution in [3.05, 3.63) is 35.4 Å². The molecule has 2 N–H and O–H groups in total. The van der Waals surface area contributed by atoms with Crippen LogP contribution in [0, 0.1) is 0 Å². The number of halogens is 2. The van der Waals surface area contributed by atoms with Gasteiger partial charge in [0.15, 0.2) is 0 Å². The molecule has 0 saturated carbocycles. The fourth-order valence-electron chi connectivity index (χ4n) is 1.38. The molecule has 1 atom stereocenters. The van der Waals surface area contributed by atoms with E-state index in [1.54, 1.807) is 19.1 Å². The fourth-order valence-corrected chi connectivity index (χ4v) is 1.38. The highest BCUT2D eigenvalue weighted by Gasteiger charge is 2.06. The van der Waals surface area contributed by atoms with Crippen molar-refractivity contribution in [3.8, 4) is 0 Å². The Morgan fingerprint density at radius 1 is 1.38 bits per heavy atom. The Morgan fingerprint density at radius 3 is 2.75 bits per heavy atom. The van der Waals surface area contributed by atoms with Gasteiger partial charge >= 0.3 is 0 Å². The first-order chi connectivity index (χ1) is 7.59. The maximum atomic E-state index is 12.4. The summed E-state index contributed by atoms with van der Waals surface area (Å²) < 4.78 is 24.8. The molecule has 1 unspecified atom stereocenters. The van der Waals surface area contributed by atoms with Crippen LogP contribution in [0.15, 0.2) is 24.3 Å². The molecule has 1 aromatic carbocycles. The average Bonchev–Trinajstić information content (AvgIpc) is 2.24. The quantitative estimate of drug-likeness (QED) is 0.734. The zero-order valence-corrected chi connectivity index (χ0v) is 9.29. The molecule has 0 aromatic heterocycles. The third-order valence-corrected chi connectivity index (χ3v) is 2.27. The molecule has 0 spiro atoms. The lowest BCUT2D eigenvalue weighted by Gasteiger charge is -2.07. The second kappa shape index (κ2) is 6.55. The van der Waals surface area contributed by atoms with Gasteiger partial charge in [-0.2, -0.15) is 0 Å². The summed E-state index contributed by atoms with van der Waals surface area (Å²) in [6, 6.07) is 6.36. The minimum absolute atomic E-state index is 0.0508. The summed E-state index contributed by atoms with van der Waals surface area (Å²) >= 11 is 0. The van der Waals surface area contributed by atoms with E-state index in [4.69, 9.17) is 5.11 Å². The van der Waals surface area contributed by atoms with Gasteiger partial charge in [0.25, 0.3) is 6.43 Å². The van der Waals surface area contributed by atoms with Gasteiger partial charge < -0.3 is 10.4 Å². The molecule has 0 aliphatic rings. The van der Waals surface area contributed by atoms with Crippen LogP contribution >= 0.6 is 0 Å². The van der Waals surface area contributed by atoms with E-state index < -0.39 is 6.43 Å². The van der Waals surface area contributed by atoms with Crippen LogP contribution < -0.4 is 5.32 Å². The van der Waals surface area contributed by atoms with Crippen molar-refractivity contribution in [3.63, 3.8) is 0 Å². The number of rotatable bonds is 6. The van der Waals surface area contributed by atoms with Crippen LogP contribution in [0.3, 0.4) is 0 Å². The molecule has 0 fully saturated rings. The van der Waals surface area contributed by atoms with E-state index in [1.807, 2.05) is 0 Å². The summed E-state index contributed by atoms with van der Waals surface area (Å²) in [5, 5.41) is 12.1. The van der Waals surface area contributed by atoms with Gasteiger partial charge in [-0.05, 0) is 31.5 Å². The topological polar surface area (TPSA) is 32.3 Å². The van der Waals surface area contributed by atoms with Crippen molar-refractivity contribution in [1.29, 1.82) is 0 Å². The predicted molar refractivity (Wildman–Crippen MR) is 59.4 cm³/mol. The van der Waals surface area contributed by atoms with E-state index in [-0.39, 0.29) is 11.7 Å². The highest BCUT2D eigenvalue weighted by Crippen LogP contribution is 2.19. The number of hydrogen-bond acceptors (Lipinski definition) is 2. The number of nitrogens with one attached hydrogen (secondary N) is 1. The molecule has 2 nitrogen and oxygen atoms in total. The number of alkyl halides is 2. The SMILES string of the molecule is CC(O)CCNCc1cccc(C(F)F)c1. The number of aliphatic hydroxyl groups is 1. The second-order valence-corrected chi connectivity index (χ2v) is 3.86. The number of hydrogen-bond donors (Lipinski definition) is 2. The highest BCUT2D eigenvalue weighted by atomic mass is 19.3. The van der Waals surface area contributed by atoms with Gasteiger partial charge in [-0.25, -0.2) is 8.78 Å². The predicted octanol–water partition coefficient (Wildman–Crippen LogP) is 2.48. The molecular weight excluding hydrogens is 212 g/mol. The molecule has 0 bridgehead atoms. The van der Waals surface area contributed by atoms with Crippen molar-refractivity contribution in [2.75, 3.05) is 6.54 Å². The van der Waals surface area contributed by atoms with Crippen molar-refractivity contribution in [2.45, 2.75) is 32.4 Å². The van der Waals surface area contributed by atoms with E-state index in [0.29, 0.717) is 19.5 Å². The Bertz CT molecular complexity index is 316. The van der Waals surface area contributed by atoms with Crippen LogP contribution in [0.1, 0.15) is 30.9 Å². The molecule has 0 heterocycles. The third-order valence-electron chi connectivity index (χ3n) is 2.27. The summed E-state index contributed by atoms with van der Waals surface area (Å²) in [5.41, 5.74) is 0.887. The molecule has 1 rings (SSSR count). The van der Waals surface area contributed by atoms with Gasteiger partial charge in [0.1, 0.15) is 0 Å². The zero-order chi connectivity index (χ0) is 12.0. The van der Waals surface area contributed by atoms with Crippen LogP contribution in [0.25, 0.3) is 0 Å². The van der Waals surface area contributed by atoms with E-state index >= 15 is 0 Å². The first-order valence-electron chi connectivity index (χ1n) is 5.35. The Hall–Kier alpha value is -1.00. The molecule has 1 aromatic rings. The average molecular weight is 229 g/mol. The number of benzene rings is 1. The zero-order valence-electron chi connectivity index (χ0n) is 9.29. The van der Waals surface area contributed by atoms with E-state index in [0.717, 1.165) is 5.56 Å². The van der Waals surface area contributed by atoms with Crippen molar-refractivity contribution in [1.82, 2.24) is 5.32 Å². The highest BCUT2D eigenvalue weighted by molar-refractivity contribution is 5.24. The first-order valence-corrected chi connectivity index (χ1v) is 5.35. The molecule has 0 aliphatic carbocycles. The van der Waals surface area contributed by atoms with Gasteiger partial charge in [0, 0.05) is 12.1 Å². The lowest BCUT2D eigenvalue weighted by Crippen LogP contribution is -2.18. The van der Waals surface area contributed by atoms with Crippen LogP contribution in [0.2, 0.25) is 0 Å². The van der Waals surface area contributed by atoms with Crippen molar-refractivity contribution >= 4 is 0 Å². The first kappa shape index (κ1) is 13.1. The van der Waals surface area contributed by atoms with Gasteiger partial charge in [-0.15, -0.1) is 0 Å². The number of aliphatic hydroxyl groups excluding tert-OH is 1. The van der Waals surface area contributed by atoms with E-state index in [9.17, 15) is 8.78 Å². The standard InChI is InChI=1S/C12H17F2NO/c1-9(16)5-6-15-8-10-3-2-4-11(7-10)12(13)14/h2-4,7,9,12,15-16H,5-6,8H2,1H3. The molecule has 0 radical (unpaired) electrons. The molecular formula is C12H17F2NO. The summed E-state index contributed by atoms with van der Waals surface area (Å²) in [7, 11) is 0. The van der Waals surface area contributed by atoms with Crippen molar-refractivity contribution < 1.29 is 13.9 Å². The second-order valence-electron chi connectivity index (χ2n) is 3.86. The minimum Gasteiger partial charge on any atom is -0.393 e. The molecule has 0 amide bonds. The Balaban J connectivity index is 2.39. The fraction of sp³-hybridized carbons (Fsp3) is 0.500. The van der Waals surface area contributed by atoms with Crippen LogP contribution in [0.5, 0.6) is 0 Å². The smallest absolute Gasteiger partial charge is 0.263 e. The normalized spacial score (nSPS) is 13.1. The Kier molecular flexibility index (Phi) is 5.35. The third kappa shape index (κ3) is 4.68. The summed E-state index contributed by atoms with van der Waals surface area (Å²) in [4.78, 5) is 0. The van der Waals surface area contributed by atoms with Crippen LogP contribution in [-0.2, 0) is 6.54 Å². The van der Waals surface area contributed by atoms with Gasteiger partial charge in [-0.3, -0.25) is 0 Å². The van der Waals surface area contributed by atoms with Crippen LogP contribution in [0.4, 0.5) is 8.78 Å². The van der Waals surface area contributed by atoms with Gasteiger partial charge in [0.2, 0.25) is 0 Å². The van der Waals surface area contributed by atoms with E-state index in [1.165, 1.54) is 12.1 Å². The summed E-state index contributed by atoms with van der Waals surface area (Å²) in [6.07, 6.45) is -2.09. The lowest BCUT2D eigenvalue weighted by atomic mass is 10.1. The van der Waals surface area contributed by atoms with E-state index in [2.05, 4.69) is 5.32 Å². The molecule has 90 valence electrons. The summed E-state index contributed by atoms with van der Waals surface area (Å²) in [6.45, 7) is 2.95. The summed E-state index contributed by atoms with van der Waals surface area (Å²) in [5.74, 6) is 0. The minimum atomic E-state index is -2.42. The van der Waals surface area contributed by atoms with Crippen molar-refractivity contribution in [2.24, 2.45) is 0 Å². The maximum Gasteiger partial charge on any atom is 0.263 e. The monoisotopic (exact) mass is 229 g/mol. The molecule has 0 saturated heterocycles. The molecule has 4 heteroatoms. The molecule has 0 aliphatic heterocycles. The Morgan fingerprint density at radius 2 is 2.12 bits per heavy atom. The van der Waals surface area contributed by atoms with Gasteiger partial charge in [0.05, 0.1) is 6.10 Å². The Labute approximate surface area is 94.3 Å².